The van der Waals surface area contributed by atoms with E-state index in [4.69, 9.17) is 4.74 Å². The summed E-state index contributed by atoms with van der Waals surface area (Å²) in [6.45, 7) is 2.12. The molecule has 1 amide bonds. The minimum atomic E-state index is -2.46. The Hall–Kier alpha value is -1.77. The van der Waals surface area contributed by atoms with Crippen molar-refractivity contribution in [1.82, 2.24) is 19.7 Å². The summed E-state index contributed by atoms with van der Waals surface area (Å²) in [5.74, 6) is 0.828. The van der Waals surface area contributed by atoms with E-state index in [9.17, 15) is 13.6 Å². The lowest BCUT2D eigenvalue weighted by molar-refractivity contribution is -0.135. The van der Waals surface area contributed by atoms with Gasteiger partial charge in [-0.15, -0.1) is 0 Å². The molecular weight excluding hydrogens is 344 g/mol. The molecule has 3 aliphatic rings. The molecule has 1 aromatic rings. The first-order valence-corrected chi connectivity index (χ1v) is 9.45. The zero-order chi connectivity index (χ0) is 18.1. The second-order valence-electron chi connectivity index (χ2n) is 7.47. The van der Waals surface area contributed by atoms with Crippen molar-refractivity contribution in [2.45, 2.75) is 63.1 Å². The third-order valence-corrected chi connectivity index (χ3v) is 5.88. The molecule has 26 heavy (non-hydrogen) atoms. The van der Waals surface area contributed by atoms with Crippen LogP contribution >= 0.6 is 0 Å². The van der Waals surface area contributed by atoms with Crippen molar-refractivity contribution in [3.8, 4) is 0 Å². The van der Waals surface area contributed by atoms with E-state index in [1.54, 1.807) is 0 Å². The standard InChI is InChI=1S/C17H25F2N5O2/c18-16(19)14-9-13(22-17-20-10-21-24(14)17)11-3-5-23(6-4-11)15(25)8-12-2-1-7-26-12/h10-14,16H,1-9H2,(H,20,21,22)/t12-,13+,14-/m1/s1. The molecule has 4 rings (SSSR count). The lowest BCUT2D eigenvalue weighted by Crippen LogP contribution is -2.46. The van der Waals surface area contributed by atoms with E-state index in [1.807, 2.05) is 4.90 Å². The summed E-state index contributed by atoms with van der Waals surface area (Å²) in [5, 5.41) is 7.19. The number of hydrogen-bond donors (Lipinski definition) is 1. The number of nitrogens with one attached hydrogen (secondary N) is 1. The van der Waals surface area contributed by atoms with Crippen molar-refractivity contribution in [1.29, 1.82) is 0 Å². The molecule has 3 atom stereocenters. The van der Waals surface area contributed by atoms with Gasteiger partial charge in [0.05, 0.1) is 12.5 Å². The fraction of sp³-hybridized carbons (Fsp3) is 0.824. The van der Waals surface area contributed by atoms with Crippen molar-refractivity contribution in [2.24, 2.45) is 5.92 Å². The smallest absolute Gasteiger partial charge is 0.260 e. The topological polar surface area (TPSA) is 72.3 Å². The van der Waals surface area contributed by atoms with Crippen molar-refractivity contribution in [2.75, 3.05) is 25.0 Å². The molecule has 144 valence electrons. The third kappa shape index (κ3) is 3.54. The van der Waals surface area contributed by atoms with E-state index >= 15 is 0 Å². The molecule has 0 radical (unpaired) electrons. The van der Waals surface area contributed by atoms with Gasteiger partial charge in [0.2, 0.25) is 11.9 Å². The Morgan fingerprint density at radius 2 is 2.15 bits per heavy atom. The summed E-state index contributed by atoms with van der Waals surface area (Å²) in [5.41, 5.74) is 0. The van der Waals surface area contributed by atoms with Crippen LogP contribution in [0, 0.1) is 5.92 Å². The monoisotopic (exact) mass is 369 g/mol. The van der Waals surface area contributed by atoms with Crippen molar-refractivity contribution < 1.29 is 18.3 Å². The first kappa shape index (κ1) is 17.6. The van der Waals surface area contributed by atoms with E-state index in [2.05, 4.69) is 15.4 Å². The van der Waals surface area contributed by atoms with Gasteiger partial charge in [0, 0.05) is 25.7 Å². The normalized spacial score (nSPS) is 29.7. The molecule has 2 fully saturated rings. The highest BCUT2D eigenvalue weighted by molar-refractivity contribution is 5.76. The van der Waals surface area contributed by atoms with Gasteiger partial charge < -0.3 is 15.0 Å². The lowest BCUT2D eigenvalue weighted by Gasteiger charge is -2.40. The van der Waals surface area contributed by atoms with Gasteiger partial charge in [0.1, 0.15) is 12.4 Å². The Morgan fingerprint density at radius 1 is 1.35 bits per heavy atom. The Labute approximate surface area is 151 Å². The minimum Gasteiger partial charge on any atom is -0.378 e. The number of carbonyl (C=O) groups is 1. The number of fused-ring (bicyclic) bond motifs is 1. The van der Waals surface area contributed by atoms with Gasteiger partial charge in [0.15, 0.2) is 0 Å². The number of ether oxygens (including phenoxy) is 1. The number of nitrogens with zero attached hydrogens (tertiary/aromatic N) is 4. The Bertz CT molecular complexity index is 626. The maximum Gasteiger partial charge on any atom is 0.260 e. The molecule has 1 N–H and O–H groups in total. The predicted octanol–water partition coefficient (Wildman–Crippen LogP) is 2.08. The van der Waals surface area contributed by atoms with Gasteiger partial charge in [-0.2, -0.15) is 10.1 Å². The molecule has 0 aromatic carbocycles. The summed E-state index contributed by atoms with van der Waals surface area (Å²) in [6, 6.07) is -0.987. The molecule has 2 saturated heterocycles. The van der Waals surface area contributed by atoms with Crippen molar-refractivity contribution >= 4 is 11.9 Å². The fourth-order valence-electron chi connectivity index (χ4n) is 4.38. The van der Waals surface area contributed by atoms with Gasteiger partial charge in [0.25, 0.3) is 6.43 Å². The van der Waals surface area contributed by atoms with Crippen LogP contribution in [0.25, 0.3) is 0 Å². The highest BCUT2D eigenvalue weighted by atomic mass is 19.3. The van der Waals surface area contributed by atoms with E-state index in [1.165, 1.54) is 11.0 Å². The quantitative estimate of drug-likeness (QED) is 0.880. The SMILES string of the molecule is O=C(C[C@H]1CCCO1)N1CCC([C@@H]2C[C@H](C(F)F)n3ncnc3N2)CC1. The summed E-state index contributed by atoms with van der Waals surface area (Å²) >= 11 is 0. The summed E-state index contributed by atoms with van der Waals surface area (Å²) in [7, 11) is 0. The van der Waals surface area contributed by atoms with E-state index in [0.717, 1.165) is 32.3 Å². The number of aromatic nitrogens is 3. The zero-order valence-electron chi connectivity index (χ0n) is 14.7. The Morgan fingerprint density at radius 3 is 2.85 bits per heavy atom. The number of likely N-dealkylation sites (tertiary alicyclic amines) is 1. The average molecular weight is 369 g/mol. The zero-order valence-corrected chi connectivity index (χ0v) is 14.7. The summed E-state index contributed by atoms with van der Waals surface area (Å²) in [6.07, 6.45) is 3.34. The molecule has 0 spiro atoms. The number of anilines is 1. The van der Waals surface area contributed by atoms with Crippen LogP contribution in [0.5, 0.6) is 0 Å². The van der Waals surface area contributed by atoms with E-state index in [-0.39, 0.29) is 24.0 Å². The minimum absolute atomic E-state index is 0.0545. The second-order valence-corrected chi connectivity index (χ2v) is 7.47. The van der Waals surface area contributed by atoms with Crippen molar-refractivity contribution in [3.05, 3.63) is 6.33 Å². The van der Waals surface area contributed by atoms with E-state index < -0.39 is 12.5 Å². The highest BCUT2D eigenvalue weighted by Gasteiger charge is 2.38. The molecule has 0 bridgehead atoms. The molecule has 4 heterocycles. The summed E-state index contributed by atoms with van der Waals surface area (Å²) < 4.78 is 33.6. The number of alkyl halides is 2. The van der Waals surface area contributed by atoms with Crippen LogP contribution in [0.2, 0.25) is 0 Å². The van der Waals surface area contributed by atoms with Crippen LogP contribution in [0.4, 0.5) is 14.7 Å². The third-order valence-electron chi connectivity index (χ3n) is 5.88. The molecule has 0 saturated carbocycles. The average Bonchev–Trinajstić information content (AvgIpc) is 3.32. The number of amides is 1. The number of piperidine rings is 1. The Balaban J connectivity index is 1.32. The number of halogens is 2. The maximum atomic E-state index is 13.4. The largest absolute Gasteiger partial charge is 0.378 e. The van der Waals surface area contributed by atoms with Crippen LogP contribution < -0.4 is 5.32 Å². The van der Waals surface area contributed by atoms with Crippen LogP contribution in [-0.4, -0.2) is 63.8 Å². The molecular formula is C17H25F2N5O2. The van der Waals surface area contributed by atoms with Crippen LogP contribution in [0.3, 0.4) is 0 Å². The number of rotatable bonds is 4. The van der Waals surface area contributed by atoms with Crippen LogP contribution in [0.15, 0.2) is 6.33 Å². The van der Waals surface area contributed by atoms with Crippen LogP contribution in [0.1, 0.15) is 44.6 Å². The van der Waals surface area contributed by atoms with Gasteiger partial charge in [-0.1, -0.05) is 0 Å². The lowest BCUT2D eigenvalue weighted by atomic mass is 9.85. The van der Waals surface area contributed by atoms with Gasteiger partial charge in [-0.3, -0.25) is 4.79 Å². The highest BCUT2D eigenvalue weighted by Crippen LogP contribution is 2.35. The molecule has 0 aliphatic carbocycles. The molecule has 3 aliphatic heterocycles. The van der Waals surface area contributed by atoms with Crippen molar-refractivity contribution in [3.63, 3.8) is 0 Å². The van der Waals surface area contributed by atoms with Gasteiger partial charge in [-0.25, -0.2) is 13.5 Å². The first-order chi connectivity index (χ1) is 12.6. The molecule has 0 unspecified atom stereocenters. The first-order valence-electron chi connectivity index (χ1n) is 9.45. The predicted molar refractivity (Wildman–Crippen MR) is 90.0 cm³/mol. The molecule has 7 nitrogen and oxygen atoms in total. The maximum absolute atomic E-state index is 13.4. The summed E-state index contributed by atoms with van der Waals surface area (Å²) in [4.78, 5) is 18.4. The molecule has 9 heteroatoms. The van der Waals surface area contributed by atoms with Gasteiger partial charge in [-0.05, 0) is 38.0 Å². The molecule has 1 aromatic heterocycles. The van der Waals surface area contributed by atoms with Gasteiger partial charge >= 0.3 is 0 Å². The van der Waals surface area contributed by atoms with E-state index in [0.29, 0.717) is 31.9 Å². The Kier molecular flexibility index (Phi) is 5.06. The second kappa shape index (κ2) is 7.46. The number of hydrogen-bond acceptors (Lipinski definition) is 5. The number of carbonyl (C=O) groups excluding carboxylic acids is 1. The fourth-order valence-corrected chi connectivity index (χ4v) is 4.38. The van der Waals surface area contributed by atoms with Crippen LogP contribution in [-0.2, 0) is 9.53 Å².